The molecule has 0 amide bonds. The summed E-state index contributed by atoms with van der Waals surface area (Å²) in [7, 11) is 0. The molecule has 4 nitrogen and oxygen atoms in total. The van der Waals surface area contributed by atoms with Gasteiger partial charge in [-0.3, -0.25) is 4.90 Å². The van der Waals surface area contributed by atoms with Gasteiger partial charge in [-0.15, -0.1) is 0 Å². The van der Waals surface area contributed by atoms with Crippen LogP contribution in [-0.4, -0.2) is 58.2 Å². The molecule has 10 atom stereocenters. The quantitative estimate of drug-likeness (QED) is 0.658. The molecule has 7 aliphatic rings. The summed E-state index contributed by atoms with van der Waals surface area (Å²) in [6.45, 7) is 8.72. The number of aliphatic hydroxyl groups excluding tert-OH is 3. The van der Waals surface area contributed by atoms with Crippen LogP contribution in [0.3, 0.4) is 0 Å². The van der Waals surface area contributed by atoms with Gasteiger partial charge in [0.1, 0.15) is 0 Å². The molecule has 3 N–H and O–H groups in total. The lowest BCUT2D eigenvalue weighted by Crippen LogP contribution is -2.69. The number of hydrogen-bond acceptors (Lipinski definition) is 4. The van der Waals surface area contributed by atoms with Crippen LogP contribution in [0.15, 0.2) is 12.2 Å². The predicted molar refractivity (Wildman–Crippen MR) is 98.2 cm³/mol. The number of rotatable bonds is 2. The summed E-state index contributed by atoms with van der Waals surface area (Å²) >= 11 is 0. The second kappa shape index (κ2) is 4.76. The summed E-state index contributed by atoms with van der Waals surface area (Å²) in [6.07, 6.45) is 5.91. The molecule has 2 spiro atoms. The summed E-state index contributed by atoms with van der Waals surface area (Å²) in [5, 5.41) is 32.7. The van der Waals surface area contributed by atoms with E-state index in [1.54, 1.807) is 0 Å². The third-order valence-electron chi connectivity index (χ3n) is 10.5. The Morgan fingerprint density at radius 2 is 1.96 bits per heavy atom. The molecule has 0 aromatic rings. The van der Waals surface area contributed by atoms with Gasteiger partial charge in [-0.2, -0.15) is 0 Å². The maximum Gasteiger partial charge on any atom is 0.0837 e. The highest BCUT2D eigenvalue weighted by atomic mass is 16.3. The molecule has 1 saturated heterocycles. The summed E-state index contributed by atoms with van der Waals surface area (Å²) < 4.78 is 0. The van der Waals surface area contributed by atoms with Gasteiger partial charge >= 0.3 is 0 Å². The smallest absolute Gasteiger partial charge is 0.0837 e. The lowest BCUT2D eigenvalue weighted by atomic mass is 9.38. The van der Waals surface area contributed by atoms with Crippen molar-refractivity contribution in [3.63, 3.8) is 0 Å². The Hall–Kier alpha value is -0.420. The Bertz CT molecular complexity index is 680. The van der Waals surface area contributed by atoms with E-state index in [1.807, 2.05) is 0 Å². The molecule has 26 heavy (non-hydrogen) atoms. The van der Waals surface area contributed by atoms with Crippen LogP contribution in [0.1, 0.15) is 45.4 Å². The number of aliphatic hydroxyl groups is 3. The summed E-state index contributed by atoms with van der Waals surface area (Å²) in [6, 6.07) is 0.433. The van der Waals surface area contributed by atoms with Gasteiger partial charge in [0.05, 0.1) is 18.8 Å². The normalized spacial score (nSPS) is 62.6. The van der Waals surface area contributed by atoms with Crippen LogP contribution < -0.4 is 0 Å². The van der Waals surface area contributed by atoms with Crippen LogP contribution in [-0.2, 0) is 0 Å². The van der Waals surface area contributed by atoms with Gasteiger partial charge < -0.3 is 15.3 Å². The SMILES string of the molecule is C=C1C2CC3C4N(CCO)CC5(C)CCCC46C5CC(O)C3(C1O)C6C2. The topological polar surface area (TPSA) is 63.9 Å². The van der Waals surface area contributed by atoms with Crippen molar-refractivity contribution in [2.24, 2.45) is 39.9 Å². The van der Waals surface area contributed by atoms with Crippen molar-refractivity contribution in [1.29, 1.82) is 0 Å². The maximum atomic E-state index is 11.5. The van der Waals surface area contributed by atoms with Crippen LogP contribution in [0.2, 0.25) is 0 Å². The molecule has 1 heterocycles. The molecule has 144 valence electrons. The van der Waals surface area contributed by atoms with Crippen molar-refractivity contribution < 1.29 is 15.3 Å². The van der Waals surface area contributed by atoms with Crippen molar-refractivity contribution >= 4 is 0 Å². The first kappa shape index (κ1) is 16.5. The fourth-order valence-electron chi connectivity index (χ4n) is 10.1. The van der Waals surface area contributed by atoms with Gasteiger partial charge in [0, 0.05) is 24.5 Å². The van der Waals surface area contributed by atoms with E-state index in [4.69, 9.17) is 0 Å². The van der Waals surface area contributed by atoms with Gasteiger partial charge in [-0.05, 0) is 72.2 Å². The molecule has 10 unspecified atom stereocenters. The molecular weight excluding hydrogens is 326 g/mol. The van der Waals surface area contributed by atoms with Gasteiger partial charge in [-0.25, -0.2) is 0 Å². The zero-order chi connectivity index (χ0) is 18.1. The van der Waals surface area contributed by atoms with E-state index < -0.39 is 12.2 Å². The van der Waals surface area contributed by atoms with E-state index in [9.17, 15) is 15.3 Å². The Labute approximate surface area is 156 Å². The standard InChI is InChI=1S/C22H33NO3/c1-12-13-8-14-18-21-5-3-4-20(2,11-23(18)6-7-24)15(21)10-17(25)22(14,19(12)26)16(21)9-13/h13-19,24-26H,1,3-11H2,2H3. The molecule has 4 heteroatoms. The molecule has 6 saturated carbocycles. The Kier molecular flexibility index (Phi) is 3.03. The van der Waals surface area contributed by atoms with Crippen LogP contribution in [0.25, 0.3) is 0 Å². The summed E-state index contributed by atoms with van der Waals surface area (Å²) in [5.41, 5.74) is 1.10. The number of hydrogen-bond donors (Lipinski definition) is 3. The van der Waals surface area contributed by atoms with E-state index in [2.05, 4.69) is 18.4 Å². The average Bonchev–Trinajstić information content (AvgIpc) is 2.69. The first-order valence-electron chi connectivity index (χ1n) is 10.8. The average molecular weight is 360 g/mol. The lowest BCUT2D eigenvalue weighted by Gasteiger charge is -2.69. The molecular formula is C22H33NO3. The predicted octanol–water partition coefficient (Wildman–Crippen LogP) is 1.79. The fraction of sp³-hybridized carbons (Fsp3) is 0.909. The monoisotopic (exact) mass is 359 g/mol. The zero-order valence-electron chi connectivity index (χ0n) is 15.9. The van der Waals surface area contributed by atoms with Gasteiger partial charge in [0.25, 0.3) is 0 Å². The number of piperidine rings is 1. The molecule has 7 fully saturated rings. The van der Waals surface area contributed by atoms with E-state index in [0.29, 0.717) is 29.7 Å². The van der Waals surface area contributed by atoms with Crippen molar-refractivity contribution in [2.45, 2.75) is 63.7 Å². The maximum absolute atomic E-state index is 11.5. The van der Waals surface area contributed by atoms with E-state index in [0.717, 1.165) is 37.9 Å². The minimum absolute atomic E-state index is 0.207. The van der Waals surface area contributed by atoms with Crippen LogP contribution in [0.5, 0.6) is 0 Å². The first-order chi connectivity index (χ1) is 12.4. The van der Waals surface area contributed by atoms with Crippen molar-refractivity contribution in [2.75, 3.05) is 19.7 Å². The largest absolute Gasteiger partial charge is 0.395 e. The highest BCUT2D eigenvalue weighted by molar-refractivity contribution is 5.38. The van der Waals surface area contributed by atoms with Crippen LogP contribution in [0.4, 0.5) is 0 Å². The summed E-state index contributed by atoms with van der Waals surface area (Å²) in [5.74, 6) is 1.79. The Balaban J connectivity index is 1.61. The summed E-state index contributed by atoms with van der Waals surface area (Å²) in [4.78, 5) is 2.59. The highest BCUT2D eigenvalue weighted by Gasteiger charge is 2.83. The zero-order valence-corrected chi connectivity index (χ0v) is 15.9. The molecule has 7 rings (SSSR count). The van der Waals surface area contributed by atoms with Crippen molar-refractivity contribution in [3.05, 3.63) is 12.2 Å². The minimum Gasteiger partial charge on any atom is -0.395 e. The van der Waals surface area contributed by atoms with Gasteiger partial charge in [0.15, 0.2) is 0 Å². The third-order valence-corrected chi connectivity index (χ3v) is 10.5. The minimum atomic E-state index is -0.537. The Morgan fingerprint density at radius 1 is 1.15 bits per heavy atom. The second-order valence-corrected chi connectivity index (χ2v) is 10.9. The number of β-amino-alcohol motifs (C(OH)–C–C–N with tert-alkyl or cyclic N) is 1. The third kappa shape index (κ3) is 1.43. The van der Waals surface area contributed by atoms with Crippen LogP contribution >= 0.6 is 0 Å². The van der Waals surface area contributed by atoms with E-state index >= 15 is 0 Å². The number of likely N-dealkylation sites (tertiary alicyclic amines) is 1. The Morgan fingerprint density at radius 3 is 2.73 bits per heavy atom. The number of fused-ring (bicyclic) bond motifs is 1. The van der Waals surface area contributed by atoms with Crippen LogP contribution in [0, 0.1) is 39.9 Å². The molecule has 0 aromatic heterocycles. The highest BCUT2D eigenvalue weighted by Crippen LogP contribution is 2.82. The molecule has 0 aromatic carbocycles. The van der Waals surface area contributed by atoms with Crippen molar-refractivity contribution in [1.82, 2.24) is 4.90 Å². The van der Waals surface area contributed by atoms with E-state index in [1.165, 1.54) is 19.3 Å². The van der Waals surface area contributed by atoms with Crippen molar-refractivity contribution in [3.8, 4) is 0 Å². The lowest BCUT2D eigenvalue weighted by molar-refractivity contribution is -0.235. The molecule has 6 aliphatic carbocycles. The number of nitrogens with zero attached hydrogens (tertiary/aromatic N) is 1. The fourth-order valence-corrected chi connectivity index (χ4v) is 10.1. The second-order valence-electron chi connectivity index (χ2n) is 10.9. The van der Waals surface area contributed by atoms with E-state index in [-0.39, 0.29) is 22.9 Å². The molecule has 1 aliphatic heterocycles. The molecule has 6 bridgehead atoms. The first-order valence-corrected chi connectivity index (χ1v) is 10.8. The van der Waals surface area contributed by atoms with Gasteiger partial charge in [0.2, 0.25) is 0 Å². The van der Waals surface area contributed by atoms with Gasteiger partial charge in [-0.1, -0.05) is 19.9 Å². The molecule has 0 radical (unpaired) electrons.